The maximum absolute atomic E-state index is 12.3. The van der Waals surface area contributed by atoms with E-state index < -0.39 is 5.79 Å². The third-order valence-corrected chi connectivity index (χ3v) is 5.60. The third-order valence-electron chi connectivity index (χ3n) is 4.82. The number of ether oxygens (including phenoxy) is 3. The molecule has 2 heterocycles. The monoisotopic (exact) mass is 342 g/mol. The molecule has 0 aromatic heterocycles. The van der Waals surface area contributed by atoms with Crippen LogP contribution in [0.2, 0.25) is 0 Å². The highest BCUT2D eigenvalue weighted by Crippen LogP contribution is 2.51. The van der Waals surface area contributed by atoms with Crippen LogP contribution in [-0.2, 0) is 19.0 Å². The Labute approximate surface area is 127 Å². The number of hydrogen-bond donors (Lipinski definition) is 0. The number of fused-ring (bicyclic) bond motifs is 4. The van der Waals surface area contributed by atoms with Crippen LogP contribution >= 0.6 is 15.9 Å². The molecule has 2 fully saturated rings. The Hall–Kier alpha value is -0.490. The van der Waals surface area contributed by atoms with E-state index in [1.807, 2.05) is 0 Å². The van der Waals surface area contributed by atoms with Gasteiger partial charge in [0.1, 0.15) is 0 Å². The first kappa shape index (κ1) is 14.4. The van der Waals surface area contributed by atoms with Gasteiger partial charge >= 0.3 is 0 Å². The minimum Gasteiger partial charge on any atom is -0.367 e. The second-order valence-corrected chi connectivity index (χ2v) is 6.54. The topological polar surface area (TPSA) is 44.8 Å². The molecule has 3 aliphatic rings. The lowest BCUT2D eigenvalue weighted by Gasteiger charge is -2.39. The van der Waals surface area contributed by atoms with Gasteiger partial charge in [-0.15, -0.1) is 0 Å². The third kappa shape index (κ3) is 1.87. The standard InChI is InChI=1S/C15H19BrO4/c1-14-6-9-4-13(17)15(18-2,19-3)7-11(9)12(20-14)5-10(14)8-16/h4,7,10,12H,5-6,8H2,1-3H3/t10-,12+,14+/m1/s1. The Morgan fingerprint density at radius 3 is 2.75 bits per heavy atom. The summed E-state index contributed by atoms with van der Waals surface area (Å²) in [6.07, 6.45) is 5.22. The van der Waals surface area contributed by atoms with Crippen molar-refractivity contribution in [2.24, 2.45) is 5.92 Å². The first-order chi connectivity index (χ1) is 9.48. The van der Waals surface area contributed by atoms with Gasteiger partial charge in [0.25, 0.3) is 5.79 Å². The van der Waals surface area contributed by atoms with Crippen molar-refractivity contribution in [3.8, 4) is 0 Å². The largest absolute Gasteiger partial charge is 0.367 e. The van der Waals surface area contributed by atoms with Crippen molar-refractivity contribution in [2.75, 3.05) is 19.5 Å². The van der Waals surface area contributed by atoms with Crippen LogP contribution in [0.3, 0.4) is 0 Å². The Morgan fingerprint density at radius 2 is 2.15 bits per heavy atom. The van der Waals surface area contributed by atoms with Gasteiger partial charge in [0.2, 0.25) is 5.78 Å². The van der Waals surface area contributed by atoms with Crippen molar-refractivity contribution in [1.82, 2.24) is 0 Å². The van der Waals surface area contributed by atoms with Gasteiger partial charge < -0.3 is 14.2 Å². The number of hydrogen-bond acceptors (Lipinski definition) is 4. The van der Waals surface area contributed by atoms with Crippen LogP contribution < -0.4 is 0 Å². The molecule has 2 bridgehead atoms. The van der Waals surface area contributed by atoms with Crippen molar-refractivity contribution < 1.29 is 19.0 Å². The average molecular weight is 343 g/mol. The molecule has 5 heteroatoms. The lowest BCUT2D eigenvalue weighted by Crippen LogP contribution is -2.45. The van der Waals surface area contributed by atoms with E-state index in [-0.39, 0.29) is 17.5 Å². The number of ketones is 1. The van der Waals surface area contributed by atoms with Gasteiger partial charge in [0.05, 0.1) is 11.7 Å². The number of carbonyl (C=O) groups excluding carboxylic acids is 1. The minimum absolute atomic E-state index is 0.0281. The van der Waals surface area contributed by atoms with Crippen LogP contribution in [0, 0.1) is 5.92 Å². The molecule has 2 aliphatic heterocycles. The fourth-order valence-electron chi connectivity index (χ4n) is 3.52. The molecule has 3 rings (SSSR count). The predicted octanol–water partition coefficient (Wildman–Crippen LogP) is 2.37. The normalized spacial score (nSPS) is 38.3. The number of halogens is 1. The Bertz CT molecular complexity index is 506. The van der Waals surface area contributed by atoms with Gasteiger partial charge in [-0.3, -0.25) is 4.79 Å². The van der Waals surface area contributed by atoms with Gasteiger partial charge in [0.15, 0.2) is 0 Å². The lowest BCUT2D eigenvalue weighted by molar-refractivity contribution is -0.182. The number of alkyl halides is 1. The van der Waals surface area contributed by atoms with Crippen LogP contribution in [0.15, 0.2) is 23.3 Å². The second-order valence-electron chi connectivity index (χ2n) is 5.89. The molecular weight excluding hydrogens is 324 g/mol. The highest BCUT2D eigenvalue weighted by Gasteiger charge is 2.53. The number of rotatable bonds is 3. The van der Waals surface area contributed by atoms with E-state index in [2.05, 4.69) is 22.9 Å². The summed E-state index contributed by atoms with van der Waals surface area (Å²) in [5, 5.41) is 0.911. The van der Waals surface area contributed by atoms with Gasteiger partial charge in [-0.25, -0.2) is 0 Å². The number of carbonyl (C=O) groups is 1. The summed E-state index contributed by atoms with van der Waals surface area (Å²) in [7, 11) is 2.97. The summed E-state index contributed by atoms with van der Waals surface area (Å²) in [4.78, 5) is 12.3. The molecule has 4 nitrogen and oxygen atoms in total. The van der Waals surface area contributed by atoms with Crippen LogP contribution in [0.25, 0.3) is 0 Å². The Balaban J connectivity index is 2.02. The van der Waals surface area contributed by atoms with Crippen molar-refractivity contribution >= 4 is 21.7 Å². The van der Waals surface area contributed by atoms with E-state index in [9.17, 15) is 4.79 Å². The zero-order valence-corrected chi connectivity index (χ0v) is 13.5. The van der Waals surface area contributed by atoms with Crippen molar-refractivity contribution in [2.45, 2.75) is 37.3 Å². The first-order valence-electron chi connectivity index (χ1n) is 6.80. The molecule has 0 aromatic carbocycles. The fraction of sp³-hybridized carbons (Fsp3) is 0.667. The van der Waals surface area contributed by atoms with Crippen molar-refractivity contribution in [1.29, 1.82) is 0 Å². The maximum Gasteiger partial charge on any atom is 0.253 e. The molecule has 110 valence electrons. The molecule has 20 heavy (non-hydrogen) atoms. The Kier molecular flexibility index (Phi) is 3.44. The average Bonchev–Trinajstić information content (AvgIpc) is 2.71. The molecule has 0 amide bonds. The van der Waals surface area contributed by atoms with Gasteiger partial charge in [-0.05, 0) is 36.6 Å². The van der Waals surface area contributed by atoms with Crippen LogP contribution in [0.4, 0.5) is 0 Å². The quantitative estimate of drug-likeness (QED) is 0.583. The van der Waals surface area contributed by atoms with E-state index in [4.69, 9.17) is 14.2 Å². The summed E-state index contributed by atoms with van der Waals surface area (Å²) in [6, 6.07) is 0. The van der Waals surface area contributed by atoms with E-state index >= 15 is 0 Å². The van der Waals surface area contributed by atoms with E-state index in [1.165, 1.54) is 14.2 Å². The summed E-state index contributed by atoms with van der Waals surface area (Å²) in [6.45, 7) is 2.13. The van der Waals surface area contributed by atoms with Crippen LogP contribution in [0.5, 0.6) is 0 Å². The minimum atomic E-state index is -1.29. The first-order valence-corrected chi connectivity index (χ1v) is 7.92. The zero-order chi connectivity index (χ0) is 14.5. The van der Waals surface area contributed by atoms with Crippen molar-refractivity contribution in [3.05, 3.63) is 23.3 Å². The molecule has 0 saturated carbocycles. The van der Waals surface area contributed by atoms with Gasteiger partial charge in [-0.2, -0.15) is 0 Å². The molecule has 0 radical (unpaired) electrons. The van der Waals surface area contributed by atoms with E-state index in [0.717, 1.165) is 29.3 Å². The SMILES string of the molecule is COC1(OC)C=C2C(=CC1=O)C[C@]1(C)O[C@H]2C[C@@H]1CBr. The molecule has 3 atom stereocenters. The van der Waals surface area contributed by atoms with Crippen molar-refractivity contribution in [3.63, 3.8) is 0 Å². The lowest BCUT2D eigenvalue weighted by atomic mass is 9.82. The number of methoxy groups -OCH3 is 2. The summed E-state index contributed by atoms with van der Waals surface area (Å²) in [5.74, 6) is -0.987. The fourth-order valence-corrected chi connectivity index (χ4v) is 4.47. The highest BCUT2D eigenvalue weighted by molar-refractivity contribution is 9.09. The highest BCUT2D eigenvalue weighted by atomic mass is 79.9. The second kappa shape index (κ2) is 4.77. The summed E-state index contributed by atoms with van der Waals surface area (Å²) < 4.78 is 16.8. The smallest absolute Gasteiger partial charge is 0.253 e. The molecule has 1 aliphatic carbocycles. The maximum atomic E-state index is 12.3. The van der Waals surface area contributed by atoms with Crippen LogP contribution in [-0.4, -0.2) is 42.8 Å². The molecule has 0 unspecified atom stereocenters. The van der Waals surface area contributed by atoms with Crippen LogP contribution in [0.1, 0.15) is 19.8 Å². The van der Waals surface area contributed by atoms with Gasteiger partial charge in [0, 0.05) is 31.9 Å². The molecule has 2 saturated heterocycles. The van der Waals surface area contributed by atoms with E-state index in [0.29, 0.717) is 5.92 Å². The van der Waals surface area contributed by atoms with E-state index in [1.54, 1.807) is 12.2 Å². The molecule has 0 aromatic rings. The summed E-state index contributed by atoms with van der Waals surface area (Å²) in [5.41, 5.74) is 1.94. The molecular formula is C15H19BrO4. The predicted molar refractivity (Wildman–Crippen MR) is 77.7 cm³/mol. The summed E-state index contributed by atoms with van der Waals surface area (Å²) >= 11 is 3.57. The van der Waals surface area contributed by atoms with Gasteiger partial charge in [-0.1, -0.05) is 15.9 Å². The zero-order valence-electron chi connectivity index (χ0n) is 11.9. The molecule has 0 spiro atoms. The Morgan fingerprint density at radius 1 is 1.45 bits per heavy atom. The molecule has 0 N–H and O–H groups in total.